The number of carbonyl (C=O) groups is 1. The van der Waals surface area contributed by atoms with Crippen molar-refractivity contribution in [1.29, 1.82) is 0 Å². The van der Waals surface area contributed by atoms with Crippen LogP contribution in [0.15, 0.2) is 66.9 Å². The van der Waals surface area contributed by atoms with Crippen molar-refractivity contribution in [2.24, 2.45) is 0 Å². The summed E-state index contributed by atoms with van der Waals surface area (Å²) in [7, 11) is 1.91. The average molecular weight is 358 g/mol. The largest absolute Gasteiger partial charge is 0.344 e. The summed E-state index contributed by atoms with van der Waals surface area (Å²) in [6.07, 6.45) is 7.21. The molecule has 5 nitrogen and oxygen atoms in total. The third kappa shape index (κ3) is 4.84. The number of nitrogens with one attached hydrogen (secondary N) is 1. The fourth-order valence-corrected chi connectivity index (χ4v) is 2.87. The first-order valence-electron chi connectivity index (χ1n) is 8.75. The Hall–Kier alpha value is -3.36. The van der Waals surface area contributed by atoms with Crippen molar-refractivity contribution in [3.63, 3.8) is 0 Å². The Morgan fingerprint density at radius 2 is 1.81 bits per heavy atom. The second-order valence-electron chi connectivity index (χ2n) is 6.30. The van der Waals surface area contributed by atoms with Crippen molar-refractivity contribution in [3.8, 4) is 29.3 Å². The van der Waals surface area contributed by atoms with Gasteiger partial charge in [0.15, 0.2) is 0 Å². The highest BCUT2D eigenvalue weighted by Gasteiger charge is 2.15. The minimum Gasteiger partial charge on any atom is -0.344 e. The van der Waals surface area contributed by atoms with Gasteiger partial charge >= 0.3 is 0 Å². The van der Waals surface area contributed by atoms with Gasteiger partial charge < -0.3 is 5.32 Å². The molecule has 27 heavy (non-hydrogen) atoms. The van der Waals surface area contributed by atoms with Gasteiger partial charge in [-0.1, -0.05) is 54.5 Å². The van der Waals surface area contributed by atoms with Gasteiger partial charge in [0.2, 0.25) is 5.91 Å². The van der Waals surface area contributed by atoms with Gasteiger partial charge in [0.25, 0.3) is 0 Å². The van der Waals surface area contributed by atoms with Gasteiger partial charge in [-0.05, 0) is 19.2 Å². The van der Waals surface area contributed by atoms with Crippen molar-refractivity contribution in [3.05, 3.63) is 72.4 Å². The molecule has 3 rings (SSSR count). The molecule has 0 bridgehead atoms. The Bertz CT molecular complexity index is 926. The zero-order chi connectivity index (χ0) is 19.1. The second-order valence-corrected chi connectivity index (χ2v) is 6.30. The monoisotopic (exact) mass is 358 g/mol. The molecule has 1 heterocycles. The molecule has 0 radical (unpaired) electrons. The number of rotatable bonds is 7. The van der Waals surface area contributed by atoms with Crippen LogP contribution in [0.2, 0.25) is 0 Å². The van der Waals surface area contributed by atoms with Crippen molar-refractivity contribution in [1.82, 2.24) is 20.0 Å². The van der Waals surface area contributed by atoms with Crippen molar-refractivity contribution in [2.75, 3.05) is 20.1 Å². The van der Waals surface area contributed by atoms with E-state index in [1.165, 1.54) is 0 Å². The van der Waals surface area contributed by atoms with Crippen molar-refractivity contribution >= 4 is 5.91 Å². The van der Waals surface area contributed by atoms with Crippen LogP contribution in [0.1, 0.15) is 5.56 Å². The number of terminal acetylenes is 1. The van der Waals surface area contributed by atoms with Gasteiger partial charge in [0, 0.05) is 23.9 Å². The molecule has 5 heteroatoms. The summed E-state index contributed by atoms with van der Waals surface area (Å²) in [5.74, 6) is 2.32. The highest BCUT2D eigenvalue weighted by molar-refractivity contribution is 5.78. The smallest absolute Gasteiger partial charge is 0.234 e. The first kappa shape index (κ1) is 18.4. The summed E-state index contributed by atoms with van der Waals surface area (Å²) in [5.41, 5.74) is 4.01. The van der Waals surface area contributed by atoms with E-state index in [0.29, 0.717) is 6.54 Å². The molecule has 0 saturated heterocycles. The van der Waals surface area contributed by atoms with Crippen LogP contribution in [0.3, 0.4) is 0 Å². The molecule has 0 aliphatic heterocycles. The maximum atomic E-state index is 11.9. The van der Waals surface area contributed by atoms with Gasteiger partial charge in [-0.25, -0.2) is 4.68 Å². The van der Waals surface area contributed by atoms with Crippen molar-refractivity contribution < 1.29 is 4.79 Å². The van der Waals surface area contributed by atoms with E-state index in [1.54, 1.807) is 0 Å². The predicted molar refractivity (Wildman–Crippen MR) is 107 cm³/mol. The molecule has 0 unspecified atom stereocenters. The lowest BCUT2D eigenvalue weighted by Crippen LogP contribution is -2.35. The Balaban J connectivity index is 1.86. The highest BCUT2D eigenvalue weighted by atomic mass is 16.2. The Kier molecular flexibility index (Phi) is 6.03. The number of nitrogens with zero attached hydrogens (tertiary/aromatic N) is 3. The van der Waals surface area contributed by atoms with Crippen LogP contribution < -0.4 is 5.32 Å². The Labute approximate surface area is 159 Å². The van der Waals surface area contributed by atoms with Gasteiger partial charge in [-0.3, -0.25) is 9.69 Å². The lowest BCUT2D eigenvalue weighted by molar-refractivity contribution is -0.121. The number of amides is 1. The number of benzene rings is 2. The third-order valence-corrected chi connectivity index (χ3v) is 4.10. The molecule has 0 atom stereocenters. The summed E-state index contributed by atoms with van der Waals surface area (Å²) in [6.45, 7) is 1.11. The Morgan fingerprint density at radius 3 is 2.48 bits per heavy atom. The van der Waals surface area contributed by atoms with E-state index >= 15 is 0 Å². The summed E-state index contributed by atoms with van der Waals surface area (Å²) >= 11 is 0. The maximum absolute atomic E-state index is 11.9. The zero-order valence-corrected chi connectivity index (χ0v) is 15.3. The summed E-state index contributed by atoms with van der Waals surface area (Å²) < 4.78 is 1.88. The number of likely N-dealkylation sites (N-methyl/N-ethyl adjacent to an activating group) is 1. The van der Waals surface area contributed by atoms with E-state index in [2.05, 4.69) is 11.2 Å². The highest BCUT2D eigenvalue weighted by Crippen LogP contribution is 2.24. The van der Waals surface area contributed by atoms with Crippen LogP contribution in [-0.2, 0) is 11.3 Å². The van der Waals surface area contributed by atoms with Gasteiger partial charge in [-0.2, -0.15) is 5.10 Å². The standard InChI is InChI=1S/C22H22N4O/c1-3-14-23-21(27)17-25(2)15-19-16-26(20-12-8-5-9-13-20)24-22(19)18-10-6-4-7-11-18/h1,4-13,16H,14-15,17H2,2H3,(H,23,27). The number of para-hydroxylation sites is 1. The molecule has 0 saturated carbocycles. The molecule has 1 amide bonds. The second kappa shape index (κ2) is 8.84. The summed E-state index contributed by atoms with van der Waals surface area (Å²) in [6, 6.07) is 20.1. The molecule has 1 N–H and O–H groups in total. The first-order chi connectivity index (χ1) is 13.2. The SMILES string of the molecule is C#CCNC(=O)CN(C)Cc1cn(-c2ccccc2)nc1-c1ccccc1. The topological polar surface area (TPSA) is 50.2 Å². The summed E-state index contributed by atoms with van der Waals surface area (Å²) in [4.78, 5) is 13.9. The fourth-order valence-electron chi connectivity index (χ4n) is 2.87. The van der Waals surface area contributed by atoms with Gasteiger partial charge in [-0.15, -0.1) is 6.42 Å². The van der Waals surface area contributed by atoms with Gasteiger partial charge in [0.05, 0.1) is 24.5 Å². The van der Waals surface area contributed by atoms with Crippen LogP contribution in [-0.4, -0.2) is 40.7 Å². The van der Waals surface area contributed by atoms with Crippen LogP contribution in [0, 0.1) is 12.3 Å². The van der Waals surface area contributed by atoms with E-state index in [0.717, 1.165) is 22.5 Å². The minimum atomic E-state index is -0.0906. The van der Waals surface area contributed by atoms with Crippen LogP contribution in [0.25, 0.3) is 16.9 Å². The summed E-state index contributed by atoms with van der Waals surface area (Å²) in [5, 5.41) is 7.48. The Morgan fingerprint density at radius 1 is 1.15 bits per heavy atom. The lowest BCUT2D eigenvalue weighted by Gasteiger charge is -2.15. The van der Waals surface area contributed by atoms with E-state index in [1.807, 2.05) is 83.5 Å². The van der Waals surface area contributed by atoms with Gasteiger partial charge in [0.1, 0.15) is 0 Å². The molecule has 3 aromatic rings. The van der Waals surface area contributed by atoms with E-state index < -0.39 is 0 Å². The number of aromatic nitrogens is 2. The minimum absolute atomic E-state index is 0.0906. The number of hydrogen-bond donors (Lipinski definition) is 1. The zero-order valence-electron chi connectivity index (χ0n) is 15.3. The molecule has 0 aliphatic rings. The molecular weight excluding hydrogens is 336 g/mol. The molecular formula is C22H22N4O. The van der Waals surface area contributed by atoms with Crippen LogP contribution in [0.4, 0.5) is 0 Å². The molecule has 0 fully saturated rings. The van der Waals surface area contributed by atoms with Crippen LogP contribution >= 0.6 is 0 Å². The predicted octanol–water partition coefficient (Wildman–Crippen LogP) is 2.72. The lowest BCUT2D eigenvalue weighted by atomic mass is 10.1. The molecule has 1 aromatic heterocycles. The molecule has 136 valence electrons. The van der Waals surface area contributed by atoms with E-state index in [4.69, 9.17) is 11.5 Å². The molecule has 0 aliphatic carbocycles. The first-order valence-corrected chi connectivity index (χ1v) is 8.75. The third-order valence-electron chi connectivity index (χ3n) is 4.10. The maximum Gasteiger partial charge on any atom is 0.234 e. The molecule has 2 aromatic carbocycles. The molecule has 0 spiro atoms. The van der Waals surface area contributed by atoms with E-state index in [-0.39, 0.29) is 19.0 Å². The van der Waals surface area contributed by atoms with Crippen LogP contribution in [0.5, 0.6) is 0 Å². The quantitative estimate of drug-likeness (QED) is 0.661. The van der Waals surface area contributed by atoms with E-state index in [9.17, 15) is 4.79 Å². The number of hydrogen-bond acceptors (Lipinski definition) is 3. The fraction of sp³-hybridized carbons (Fsp3) is 0.182. The normalized spacial score (nSPS) is 10.6. The average Bonchev–Trinajstić information content (AvgIpc) is 3.11. The van der Waals surface area contributed by atoms with Crippen molar-refractivity contribution in [2.45, 2.75) is 6.54 Å². The number of carbonyl (C=O) groups excluding carboxylic acids is 1.